The number of nitro benzene ring substituents is 1. The topological polar surface area (TPSA) is 99.3 Å². The van der Waals surface area contributed by atoms with Gasteiger partial charge in [0.05, 0.1) is 11.5 Å². The number of ether oxygens (including phenoxy) is 1. The molecule has 8 nitrogen and oxygen atoms in total. The van der Waals surface area contributed by atoms with Gasteiger partial charge in [-0.25, -0.2) is 0 Å². The quantitative estimate of drug-likeness (QED) is 0.306. The summed E-state index contributed by atoms with van der Waals surface area (Å²) >= 11 is 0. The van der Waals surface area contributed by atoms with Gasteiger partial charge in [0.25, 0.3) is 11.6 Å². The number of rotatable bonds is 8. The summed E-state index contributed by atoms with van der Waals surface area (Å²) in [5, 5.41) is 18.0. The summed E-state index contributed by atoms with van der Waals surface area (Å²) < 4.78 is 7.45. The van der Waals surface area contributed by atoms with Crippen LogP contribution in [-0.4, -0.2) is 20.6 Å². The van der Waals surface area contributed by atoms with Crippen LogP contribution in [0.25, 0.3) is 0 Å². The summed E-state index contributed by atoms with van der Waals surface area (Å²) in [6, 6.07) is 22.9. The summed E-state index contributed by atoms with van der Waals surface area (Å²) in [5.41, 5.74) is 3.60. The first-order chi connectivity index (χ1) is 16.0. The second-order valence-electron chi connectivity index (χ2n) is 7.58. The third-order valence-electron chi connectivity index (χ3n) is 4.95. The van der Waals surface area contributed by atoms with Crippen LogP contribution >= 0.6 is 0 Å². The molecule has 1 amide bonds. The predicted octanol–water partition coefficient (Wildman–Crippen LogP) is 4.98. The number of benzene rings is 3. The van der Waals surface area contributed by atoms with Crippen molar-refractivity contribution in [1.29, 1.82) is 0 Å². The van der Waals surface area contributed by atoms with E-state index in [1.165, 1.54) is 17.7 Å². The fraction of sp³-hybridized carbons (Fsp3) is 0.120. The number of nitrogens with zero attached hydrogens (tertiary/aromatic N) is 3. The fourth-order valence-electron chi connectivity index (χ4n) is 3.34. The van der Waals surface area contributed by atoms with Gasteiger partial charge >= 0.3 is 0 Å². The maximum atomic E-state index is 12.7. The number of hydrogen-bond acceptors (Lipinski definition) is 5. The molecule has 3 aromatic carbocycles. The zero-order valence-electron chi connectivity index (χ0n) is 18.0. The van der Waals surface area contributed by atoms with Crippen LogP contribution < -0.4 is 10.1 Å². The zero-order valence-corrected chi connectivity index (χ0v) is 18.0. The average Bonchev–Trinajstić information content (AvgIpc) is 3.24. The van der Waals surface area contributed by atoms with Crippen molar-refractivity contribution < 1.29 is 14.5 Å². The number of non-ortho nitro benzene ring substituents is 1. The highest BCUT2D eigenvalue weighted by molar-refractivity contribution is 6.03. The molecular weight excluding hydrogens is 420 g/mol. The van der Waals surface area contributed by atoms with Gasteiger partial charge in [0.15, 0.2) is 5.82 Å². The second-order valence-corrected chi connectivity index (χ2v) is 7.58. The number of nitrogens with one attached hydrogen (secondary N) is 1. The molecule has 1 N–H and O–H groups in total. The Hall–Kier alpha value is -4.46. The van der Waals surface area contributed by atoms with E-state index < -0.39 is 4.92 Å². The summed E-state index contributed by atoms with van der Waals surface area (Å²) in [6.45, 7) is 2.89. The molecular formula is C25H22N4O4. The molecule has 0 saturated heterocycles. The standard InChI is InChI=1S/C25H22N4O4/c1-18-4-2-5-19(14-18)16-28-13-12-24(27-28)26-25(30)21-7-3-6-20(15-21)17-33-23-10-8-22(9-11-23)29(31)32/h2-15H,16-17H2,1H3,(H,26,27,30). The van der Waals surface area contributed by atoms with Crippen LogP contribution in [0.2, 0.25) is 0 Å². The van der Waals surface area contributed by atoms with Crippen LogP contribution in [0.5, 0.6) is 5.75 Å². The lowest BCUT2D eigenvalue weighted by molar-refractivity contribution is -0.384. The summed E-state index contributed by atoms with van der Waals surface area (Å²) in [4.78, 5) is 23.0. The Morgan fingerprint density at radius 1 is 1.03 bits per heavy atom. The number of carbonyl (C=O) groups is 1. The van der Waals surface area contributed by atoms with Gasteiger partial charge in [0.2, 0.25) is 0 Å². The minimum Gasteiger partial charge on any atom is -0.489 e. The van der Waals surface area contributed by atoms with Gasteiger partial charge in [0, 0.05) is 30.0 Å². The summed E-state index contributed by atoms with van der Waals surface area (Å²) in [5.74, 6) is 0.711. The fourth-order valence-corrected chi connectivity index (χ4v) is 3.34. The molecule has 0 bridgehead atoms. The van der Waals surface area contributed by atoms with Crippen molar-refractivity contribution in [3.8, 4) is 5.75 Å². The van der Waals surface area contributed by atoms with Crippen molar-refractivity contribution in [2.24, 2.45) is 0 Å². The lowest BCUT2D eigenvalue weighted by Crippen LogP contribution is -2.13. The molecule has 1 aromatic heterocycles. The minimum atomic E-state index is -0.461. The monoisotopic (exact) mass is 442 g/mol. The minimum absolute atomic E-state index is 0.00217. The second kappa shape index (κ2) is 9.78. The van der Waals surface area contributed by atoms with Crippen LogP contribution in [0, 0.1) is 17.0 Å². The number of anilines is 1. The third-order valence-corrected chi connectivity index (χ3v) is 4.95. The van der Waals surface area contributed by atoms with Crippen LogP contribution in [-0.2, 0) is 13.2 Å². The van der Waals surface area contributed by atoms with Crippen molar-refractivity contribution in [2.75, 3.05) is 5.32 Å². The number of aromatic nitrogens is 2. The van der Waals surface area contributed by atoms with E-state index in [1.807, 2.05) is 37.4 Å². The number of aryl methyl sites for hydroxylation is 1. The number of hydrogen-bond donors (Lipinski definition) is 1. The molecule has 0 saturated carbocycles. The highest BCUT2D eigenvalue weighted by atomic mass is 16.6. The van der Waals surface area contributed by atoms with E-state index in [-0.39, 0.29) is 18.2 Å². The highest BCUT2D eigenvalue weighted by Crippen LogP contribution is 2.19. The van der Waals surface area contributed by atoms with Crippen molar-refractivity contribution >= 4 is 17.4 Å². The van der Waals surface area contributed by atoms with Crippen molar-refractivity contribution in [3.63, 3.8) is 0 Å². The largest absolute Gasteiger partial charge is 0.489 e. The van der Waals surface area contributed by atoms with E-state index in [0.717, 1.165) is 11.1 Å². The summed E-state index contributed by atoms with van der Waals surface area (Å²) in [7, 11) is 0. The SMILES string of the molecule is Cc1cccc(Cn2ccc(NC(=O)c3cccc(COc4ccc([N+](=O)[O-])cc4)c3)n2)c1. The van der Waals surface area contributed by atoms with Crippen LogP contribution in [0.15, 0.2) is 85.1 Å². The van der Waals surface area contributed by atoms with Gasteiger partial charge in [-0.2, -0.15) is 5.10 Å². The lowest BCUT2D eigenvalue weighted by Gasteiger charge is -2.08. The van der Waals surface area contributed by atoms with Crippen LogP contribution in [0.4, 0.5) is 11.5 Å². The van der Waals surface area contributed by atoms with Crippen molar-refractivity contribution in [1.82, 2.24) is 9.78 Å². The molecule has 0 aliphatic carbocycles. The van der Waals surface area contributed by atoms with E-state index in [2.05, 4.69) is 16.5 Å². The molecule has 0 fully saturated rings. The molecule has 166 valence electrons. The van der Waals surface area contributed by atoms with Crippen molar-refractivity contribution in [3.05, 3.63) is 117 Å². The third kappa shape index (κ3) is 5.82. The maximum absolute atomic E-state index is 12.7. The first-order valence-corrected chi connectivity index (χ1v) is 10.3. The van der Waals surface area contributed by atoms with E-state index in [4.69, 9.17) is 4.74 Å². The van der Waals surface area contributed by atoms with Gasteiger partial charge in [-0.05, 0) is 42.3 Å². The molecule has 0 spiro atoms. The molecule has 33 heavy (non-hydrogen) atoms. The maximum Gasteiger partial charge on any atom is 0.269 e. The first kappa shape index (κ1) is 21.8. The zero-order chi connectivity index (χ0) is 23.2. The Labute approximate surface area is 190 Å². The predicted molar refractivity (Wildman–Crippen MR) is 124 cm³/mol. The molecule has 0 radical (unpaired) electrons. The first-order valence-electron chi connectivity index (χ1n) is 10.3. The van der Waals surface area contributed by atoms with E-state index in [0.29, 0.717) is 23.7 Å². The lowest BCUT2D eigenvalue weighted by atomic mass is 10.1. The van der Waals surface area contributed by atoms with Crippen molar-refractivity contribution in [2.45, 2.75) is 20.1 Å². The molecule has 1 heterocycles. The van der Waals surface area contributed by atoms with E-state index >= 15 is 0 Å². The normalized spacial score (nSPS) is 10.6. The Morgan fingerprint density at radius 2 is 1.79 bits per heavy atom. The number of amides is 1. The number of nitro groups is 1. The van der Waals surface area contributed by atoms with Gasteiger partial charge in [-0.3, -0.25) is 19.6 Å². The van der Waals surface area contributed by atoms with E-state index in [1.54, 1.807) is 41.1 Å². The molecule has 0 atom stereocenters. The Morgan fingerprint density at radius 3 is 2.55 bits per heavy atom. The number of carbonyl (C=O) groups excluding carboxylic acids is 1. The van der Waals surface area contributed by atoms with Gasteiger partial charge in [0.1, 0.15) is 12.4 Å². The van der Waals surface area contributed by atoms with Gasteiger partial charge < -0.3 is 10.1 Å². The summed E-state index contributed by atoms with van der Waals surface area (Å²) in [6.07, 6.45) is 1.83. The molecule has 0 unspecified atom stereocenters. The smallest absolute Gasteiger partial charge is 0.269 e. The molecule has 8 heteroatoms. The average molecular weight is 442 g/mol. The van der Waals surface area contributed by atoms with Crippen LogP contribution in [0.1, 0.15) is 27.0 Å². The van der Waals surface area contributed by atoms with Crippen LogP contribution in [0.3, 0.4) is 0 Å². The Bertz CT molecular complexity index is 1280. The van der Waals surface area contributed by atoms with E-state index in [9.17, 15) is 14.9 Å². The van der Waals surface area contributed by atoms with Gasteiger partial charge in [-0.15, -0.1) is 0 Å². The molecule has 4 aromatic rings. The Balaban J connectivity index is 1.35. The Kier molecular flexibility index (Phi) is 6.45. The molecule has 0 aliphatic heterocycles. The molecule has 0 aliphatic rings. The molecule has 4 rings (SSSR count). The highest BCUT2D eigenvalue weighted by Gasteiger charge is 2.10. The van der Waals surface area contributed by atoms with Gasteiger partial charge in [-0.1, -0.05) is 42.0 Å².